The van der Waals surface area contributed by atoms with Gasteiger partial charge in [-0.05, 0) is 50.8 Å². The van der Waals surface area contributed by atoms with Crippen LogP contribution in [0.25, 0.3) is 0 Å². The van der Waals surface area contributed by atoms with Crippen molar-refractivity contribution in [3.05, 3.63) is 18.1 Å². The number of carbonyl (C=O) groups is 1. The molecule has 5 nitrogen and oxygen atoms in total. The van der Waals surface area contributed by atoms with Crippen LogP contribution in [-0.2, 0) is 4.79 Å². The summed E-state index contributed by atoms with van der Waals surface area (Å²) in [7, 11) is 2.15. The molecule has 1 aliphatic heterocycles. The van der Waals surface area contributed by atoms with Crippen molar-refractivity contribution in [3.8, 4) is 0 Å². The summed E-state index contributed by atoms with van der Waals surface area (Å²) in [6.45, 7) is 4.04. The molecule has 19 heavy (non-hydrogen) atoms. The van der Waals surface area contributed by atoms with Gasteiger partial charge in [0, 0.05) is 12.1 Å². The van der Waals surface area contributed by atoms with Crippen molar-refractivity contribution in [1.29, 1.82) is 0 Å². The first kappa shape index (κ1) is 12.6. The summed E-state index contributed by atoms with van der Waals surface area (Å²) in [6, 6.07) is 1.74. The van der Waals surface area contributed by atoms with Crippen molar-refractivity contribution in [2.75, 3.05) is 18.4 Å². The maximum absolute atomic E-state index is 12.3. The molecule has 1 spiro atoms. The van der Waals surface area contributed by atoms with Crippen LogP contribution in [0.2, 0.25) is 0 Å². The van der Waals surface area contributed by atoms with E-state index in [1.54, 1.807) is 12.3 Å². The van der Waals surface area contributed by atoms with Crippen LogP contribution < -0.4 is 5.32 Å². The van der Waals surface area contributed by atoms with E-state index in [1.165, 1.54) is 0 Å². The van der Waals surface area contributed by atoms with E-state index in [4.69, 9.17) is 0 Å². The van der Waals surface area contributed by atoms with Gasteiger partial charge in [0.15, 0.2) is 7.98 Å². The normalized spacial score (nSPS) is 25.2. The molecule has 6 heteroatoms. The van der Waals surface area contributed by atoms with Crippen molar-refractivity contribution < 1.29 is 4.79 Å². The summed E-state index contributed by atoms with van der Waals surface area (Å²) in [5.74, 6) is 1.61. The third-order valence-electron chi connectivity index (χ3n) is 4.52. The first-order chi connectivity index (χ1) is 9.09. The van der Waals surface area contributed by atoms with Crippen molar-refractivity contribution >= 4 is 19.7 Å². The fourth-order valence-electron chi connectivity index (χ4n) is 3.07. The number of amides is 1. The number of aryl methyl sites for hydroxylation is 1. The van der Waals surface area contributed by atoms with Gasteiger partial charge >= 0.3 is 0 Å². The molecule has 2 aliphatic rings. The number of hydrogen-bond donors (Lipinski definition) is 1. The Balaban J connectivity index is 1.61. The van der Waals surface area contributed by atoms with Crippen LogP contribution in [0.15, 0.2) is 12.3 Å². The minimum atomic E-state index is 0.127. The van der Waals surface area contributed by atoms with Crippen molar-refractivity contribution in [2.24, 2.45) is 11.3 Å². The number of nitrogens with zero attached hydrogens (tertiary/aromatic N) is 3. The minimum Gasteiger partial charge on any atom is -0.349 e. The summed E-state index contributed by atoms with van der Waals surface area (Å²) in [5.41, 5.74) is 0.276. The summed E-state index contributed by atoms with van der Waals surface area (Å²) < 4.78 is 0. The molecule has 1 saturated carbocycles. The summed E-state index contributed by atoms with van der Waals surface area (Å²) in [6.07, 6.45) is 5.00. The standard InChI is InChI=1S/C13H19BN4O/c1-9-15-5-2-11(16-9)17-12(19)10-8-13(10)3-6-18(14)7-4-13/h2,5,10H,3-4,6-8,14H2,1H3,(H,15,16,17,19). The van der Waals surface area contributed by atoms with Gasteiger partial charge in [-0.3, -0.25) is 4.79 Å². The Labute approximate surface area is 114 Å². The van der Waals surface area contributed by atoms with E-state index in [9.17, 15) is 4.79 Å². The smallest absolute Gasteiger partial charge is 0.229 e. The van der Waals surface area contributed by atoms with E-state index in [1.807, 2.05) is 6.92 Å². The lowest BCUT2D eigenvalue weighted by Crippen LogP contribution is -2.34. The molecule has 1 aliphatic carbocycles. The van der Waals surface area contributed by atoms with Crippen LogP contribution in [0.3, 0.4) is 0 Å². The van der Waals surface area contributed by atoms with Gasteiger partial charge in [-0.1, -0.05) is 0 Å². The molecule has 1 N–H and O–H groups in total. The van der Waals surface area contributed by atoms with Gasteiger partial charge in [0.2, 0.25) is 5.91 Å². The fourth-order valence-corrected chi connectivity index (χ4v) is 3.07. The third kappa shape index (κ3) is 2.49. The minimum absolute atomic E-state index is 0.127. The third-order valence-corrected chi connectivity index (χ3v) is 4.52. The van der Waals surface area contributed by atoms with Crippen LogP contribution in [0.1, 0.15) is 25.1 Å². The van der Waals surface area contributed by atoms with E-state index in [0.29, 0.717) is 11.6 Å². The summed E-state index contributed by atoms with van der Waals surface area (Å²) in [5, 5.41) is 2.92. The van der Waals surface area contributed by atoms with Crippen LogP contribution in [0.5, 0.6) is 0 Å². The van der Waals surface area contributed by atoms with Gasteiger partial charge in [-0.2, -0.15) is 0 Å². The van der Waals surface area contributed by atoms with Gasteiger partial charge in [0.05, 0.1) is 0 Å². The quantitative estimate of drug-likeness (QED) is 0.779. The second-order valence-corrected chi connectivity index (χ2v) is 5.90. The molecule has 0 aromatic carbocycles. The number of anilines is 1. The average molecular weight is 258 g/mol. The molecule has 1 aromatic heterocycles. The SMILES string of the molecule is BN1CCC2(CC1)CC2C(=O)Nc1ccnc(C)n1. The molecular weight excluding hydrogens is 239 g/mol. The highest BCUT2D eigenvalue weighted by Crippen LogP contribution is 2.59. The molecule has 100 valence electrons. The molecule has 2 heterocycles. The predicted octanol–water partition coefficient (Wildman–Crippen LogP) is 0.374. The van der Waals surface area contributed by atoms with Gasteiger partial charge in [0.1, 0.15) is 11.6 Å². The average Bonchev–Trinajstić information content (AvgIpc) is 3.08. The Kier molecular flexibility index (Phi) is 3.05. The molecule has 3 rings (SSSR count). The second-order valence-electron chi connectivity index (χ2n) is 5.90. The first-order valence-corrected chi connectivity index (χ1v) is 6.88. The molecule has 2 fully saturated rings. The van der Waals surface area contributed by atoms with Gasteiger partial charge < -0.3 is 10.1 Å². The lowest BCUT2D eigenvalue weighted by molar-refractivity contribution is -0.118. The van der Waals surface area contributed by atoms with Crippen LogP contribution >= 0.6 is 0 Å². The van der Waals surface area contributed by atoms with Gasteiger partial charge in [-0.15, -0.1) is 0 Å². The maximum atomic E-state index is 12.3. The number of aromatic nitrogens is 2. The molecule has 1 amide bonds. The Morgan fingerprint density at radius 3 is 2.95 bits per heavy atom. The Bertz CT molecular complexity index is 499. The molecule has 1 atom stereocenters. The number of carbonyl (C=O) groups excluding carboxylic acids is 1. The highest BCUT2D eigenvalue weighted by molar-refractivity contribution is 6.04. The lowest BCUT2D eigenvalue weighted by Gasteiger charge is -2.30. The maximum Gasteiger partial charge on any atom is 0.229 e. The second kappa shape index (κ2) is 4.60. The van der Waals surface area contributed by atoms with Crippen LogP contribution in [-0.4, -0.2) is 41.8 Å². The Hall–Kier alpha value is -1.43. The molecule has 1 unspecified atom stereocenters. The zero-order valence-corrected chi connectivity index (χ0v) is 11.5. The molecule has 1 saturated heterocycles. The van der Waals surface area contributed by atoms with E-state index >= 15 is 0 Å². The van der Waals surface area contributed by atoms with Crippen molar-refractivity contribution in [3.63, 3.8) is 0 Å². The molecule has 0 bridgehead atoms. The van der Waals surface area contributed by atoms with Crippen LogP contribution in [0.4, 0.5) is 5.82 Å². The fraction of sp³-hybridized carbons (Fsp3) is 0.615. The zero-order valence-electron chi connectivity index (χ0n) is 11.5. The largest absolute Gasteiger partial charge is 0.349 e. The topological polar surface area (TPSA) is 58.1 Å². The van der Waals surface area contributed by atoms with E-state index < -0.39 is 0 Å². The summed E-state index contributed by atoms with van der Waals surface area (Å²) in [4.78, 5) is 22.8. The number of piperidine rings is 1. The zero-order chi connectivity index (χ0) is 13.5. The lowest BCUT2D eigenvalue weighted by atomic mass is 9.89. The first-order valence-electron chi connectivity index (χ1n) is 6.88. The van der Waals surface area contributed by atoms with Crippen molar-refractivity contribution in [1.82, 2.24) is 14.8 Å². The van der Waals surface area contributed by atoms with Gasteiger partial charge in [0.25, 0.3) is 0 Å². The molecular formula is C13H19BN4O. The Morgan fingerprint density at radius 2 is 2.26 bits per heavy atom. The van der Waals surface area contributed by atoms with E-state index in [2.05, 4.69) is 28.1 Å². The number of hydrogen-bond acceptors (Lipinski definition) is 4. The van der Waals surface area contributed by atoms with E-state index in [0.717, 1.165) is 32.4 Å². The highest BCUT2D eigenvalue weighted by atomic mass is 16.2. The monoisotopic (exact) mass is 258 g/mol. The predicted molar refractivity (Wildman–Crippen MR) is 75.3 cm³/mol. The molecule has 1 aromatic rings. The van der Waals surface area contributed by atoms with Crippen LogP contribution in [0, 0.1) is 18.3 Å². The van der Waals surface area contributed by atoms with E-state index in [-0.39, 0.29) is 17.2 Å². The summed E-state index contributed by atoms with van der Waals surface area (Å²) >= 11 is 0. The van der Waals surface area contributed by atoms with Gasteiger partial charge in [-0.25, -0.2) is 9.97 Å². The number of nitrogens with one attached hydrogen (secondary N) is 1. The molecule has 0 radical (unpaired) electrons. The Morgan fingerprint density at radius 1 is 1.53 bits per heavy atom. The number of rotatable bonds is 2. The highest BCUT2D eigenvalue weighted by Gasteiger charge is 2.58. The van der Waals surface area contributed by atoms with Crippen molar-refractivity contribution in [2.45, 2.75) is 26.2 Å².